The van der Waals surface area contributed by atoms with Crippen LogP contribution in [0.25, 0.3) is 0 Å². The molecule has 0 amide bonds. The van der Waals surface area contributed by atoms with Gasteiger partial charge in [0.25, 0.3) is 11.4 Å². The minimum atomic E-state index is -4.92. The number of halogens is 4. The predicted molar refractivity (Wildman–Crippen MR) is 52.5 cm³/mol. The van der Waals surface area contributed by atoms with E-state index in [2.05, 4.69) is 15.9 Å². The minimum Gasteiger partial charge on any atom is -0.258 e. The normalized spacial score (nSPS) is 11.3. The van der Waals surface area contributed by atoms with Crippen LogP contribution in [0.1, 0.15) is 5.56 Å². The molecule has 0 bridgehead atoms. The summed E-state index contributed by atoms with van der Waals surface area (Å²) < 4.78 is 36.5. The zero-order valence-corrected chi connectivity index (χ0v) is 9.28. The summed E-state index contributed by atoms with van der Waals surface area (Å²) in [4.78, 5) is 18.6. The van der Waals surface area contributed by atoms with Crippen LogP contribution in [0.4, 0.5) is 24.5 Å². The molecule has 0 aliphatic carbocycles. The number of nitrogens with zero attached hydrogens (tertiary/aromatic N) is 2. The summed E-state index contributed by atoms with van der Waals surface area (Å²) in [6.45, 7) is 0. The van der Waals surface area contributed by atoms with Crippen LogP contribution in [-0.4, -0.2) is 9.85 Å². The summed E-state index contributed by atoms with van der Waals surface area (Å²) in [5.74, 6) is 0. The van der Waals surface area contributed by atoms with E-state index in [0.717, 1.165) is 0 Å². The fourth-order valence-corrected chi connectivity index (χ4v) is 1.64. The van der Waals surface area contributed by atoms with Crippen molar-refractivity contribution >= 4 is 27.3 Å². The third-order valence-electron chi connectivity index (χ3n) is 1.75. The minimum absolute atomic E-state index is 0.233. The van der Waals surface area contributed by atoms with Gasteiger partial charge in [-0.25, -0.2) is 0 Å². The molecule has 1 aromatic rings. The monoisotopic (exact) mass is 314 g/mol. The second-order valence-corrected chi connectivity index (χ2v) is 3.63. The molecule has 6 nitrogen and oxygen atoms in total. The van der Waals surface area contributed by atoms with Crippen molar-refractivity contribution in [3.05, 3.63) is 42.4 Å². The zero-order chi connectivity index (χ0) is 13.4. The molecule has 0 saturated heterocycles. The quantitative estimate of drug-likeness (QED) is 0.619. The number of benzene rings is 1. The number of rotatable bonds is 2. The smallest absolute Gasteiger partial charge is 0.258 e. The van der Waals surface area contributed by atoms with Gasteiger partial charge in [-0.15, -0.1) is 0 Å². The van der Waals surface area contributed by atoms with Gasteiger partial charge in [0.05, 0.1) is 21.5 Å². The number of alkyl halides is 3. The Morgan fingerprint density at radius 2 is 1.65 bits per heavy atom. The van der Waals surface area contributed by atoms with E-state index < -0.39 is 37.4 Å². The third-order valence-corrected chi connectivity index (χ3v) is 2.58. The fraction of sp³-hybridized carbons (Fsp3) is 0.143. The first-order chi connectivity index (χ1) is 7.64. The van der Waals surface area contributed by atoms with E-state index in [-0.39, 0.29) is 6.07 Å². The molecule has 0 spiro atoms. The average molecular weight is 315 g/mol. The largest absolute Gasteiger partial charge is 0.418 e. The standard InChI is InChI=1S/C7H2BrF3N2O4/c8-6-4(7(9,10)11)1-3(12(14)15)2-5(6)13(16)17/h1-2H. The molecule has 0 radical (unpaired) electrons. The first-order valence-electron chi connectivity index (χ1n) is 3.84. The molecule has 0 heterocycles. The van der Waals surface area contributed by atoms with Crippen molar-refractivity contribution < 1.29 is 23.0 Å². The van der Waals surface area contributed by atoms with Gasteiger partial charge in [0.2, 0.25) is 0 Å². The summed E-state index contributed by atoms with van der Waals surface area (Å²) in [6, 6.07) is 0.691. The molecule has 10 heteroatoms. The lowest BCUT2D eigenvalue weighted by molar-refractivity contribution is -0.395. The van der Waals surface area contributed by atoms with Crippen molar-refractivity contribution in [2.24, 2.45) is 0 Å². The van der Waals surface area contributed by atoms with Crippen molar-refractivity contribution in [2.45, 2.75) is 6.18 Å². The van der Waals surface area contributed by atoms with Crippen molar-refractivity contribution in [3.8, 4) is 0 Å². The molecule has 0 unspecified atom stereocenters. The van der Waals surface area contributed by atoms with Gasteiger partial charge in [-0.1, -0.05) is 0 Å². The molecule has 92 valence electrons. The molecule has 0 aliphatic rings. The van der Waals surface area contributed by atoms with Gasteiger partial charge < -0.3 is 0 Å². The van der Waals surface area contributed by atoms with Gasteiger partial charge in [-0.2, -0.15) is 13.2 Å². The highest BCUT2D eigenvalue weighted by molar-refractivity contribution is 9.10. The summed E-state index contributed by atoms with van der Waals surface area (Å²) in [5, 5.41) is 20.8. The summed E-state index contributed by atoms with van der Waals surface area (Å²) in [7, 11) is 0. The van der Waals surface area contributed by atoms with Crippen LogP contribution in [0.2, 0.25) is 0 Å². The Morgan fingerprint density at radius 3 is 2.00 bits per heavy atom. The molecule has 0 atom stereocenters. The van der Waals surface area contributed by atoms with E-state index >= 15 is 0 Å². The van der Waals surface area contributed by atoms with Crippen molar-refractivity contribution in [1.29, 1.82) is 0 Å². The van der Waals surface area contributed by atoms with Crippen LogP contribution in [0.15, 0.2) is 16.6 Å². The van der Waals surface area contributed by atoms with Crippen LogP contribution >= 0.6 is 15.9 Å². The Hall–Kier alpha value is -1.71. The maximum absolute atomic E-state index is 12.5. The van der Waals surface area contributed by atoms with Gasteiger partial charge >= 0.3 is 6.18 Å². The van der Waals surface area contributed by atoms with Crippen LogP contribution < -0.4 is 0 Å². The number of hydrogen-bond acceptors (Lipinski definition) is 4. The Bertz CT molecular complexity index is 503. The first kappa shape index (κ1) is 13.4. The molecule has 1 rings (SSSR count). The Balaban J connectivity index is 3.60. The molecule has 0 fully saturated rings. The SMILES string of the molecule is O=[N+]([O-])c1cc([N+](=O)[O-])c(Br)c(C(F)(F)F)c1. The maximum atomic E-state index is 12.5. The van der Waals surface area contributed by atoms with Crippen molar-refractivity contribution in [3.63, 3.8) is 0 Å². The third kappa shape index (κ3) is 2.70. The number of hydrogen-bond donors (Lipinski definition) is 0. The van der Waals surface area contributed by atoms with Crippen LogP contribution in [0, 0.1) is 20.2 Å². The van der Waals surface area contributed by atoms with E-state index in [4.69, 9.17) is 0 Å². The Labute approximate surface area is 99.5 Å². The second-order valence-electron chi connectivity index (χ2n) is 2.84. The average Bonchev–Trinajstić information content (AvgIpc) is 2.15. The topological polar surface area (TPSA) is 86.3 Å². The van der Waals surface area contributed by atoms with Crippen LogP contribution in [-0.2, 0) is 6.18 Å². The molecule has 0 aliphatic heterocycles. The number of nitro groups is 2. The molecule has 0 aromatic heterocycles. The van der Waals surface area contributed by atoms with Gasteiger partial charge in [0.1, 0.15) is 4.47 Å². The summed E-state index contributed by atoms with van der Waals surface area (Å²) in [6.07, 6.45) is -4.92. The van der Waals surface area contributed by atoms with E-state index in [9.17, 15) is 33.4 Å². The highest BCUT2D eigenvalue weighted by Crippen LogP contribution is 2.41. The maximum Gasteiger partial charge on any atom is 0.418 e. The first-order valence-corrected chi connectivity index (χ1v) is 4.63. The molecular weight excluding hydrogens is 313 g/mol. The summed E-state index contributed by atoms with van der Waals surface area (Å²) in [5.41, 5.74) is -3.46. The lowest BCUT2D eigenvalue weighted by atomic mass is 10.1. The zero-order valence-electron chi connectivity index (χ0n) is 7.69. The predicted octanol–water partition coefficient (Wildman–Crippen LogP) is 3.28. The van der Waals surface area contributed by atoms with Crippen molar-refractivity contribution in [1.82, 2.24) is 0 Å². The molecule has 1 aromatic carbocycles. The molecule has 0 N–H and O–H groups in total. The van der Waals surface area contributed by atoms with Crippen LogP contribution in [0.5, 0.6) is 0 Å². The number of non-ortho nitro benzene ring substituents is 1. The van der Waals surface area contributed by atoms with Crippen molar-refractivity contribution in [2.75, 3.05) is 0 Å². The van der Waals surface area contributed by atoms with Gasteiger partial charge in [0, 0.05) is 6.07 Å². The Kier molecular flexibility index (Phi) is 3.36. The highest BCUT2D eigenvalue weighted by atomic mass is 79.9. The lowest BCUT2D eigenvalue weighted by Crippen LogP contribution is -2.08. The summed E-state index contributed by atoms with van der Waals surface area (Å²) >= 11 is 2.42. The van der Waals surface area contributed by atoms with E-state index in [1.807, 2.05) is 0 Å². The van der Waals surface area contributed by atoms with Gasteiger partial charge in [-0.05, 0) is 15.9 Å². The van der Waals surface area contributed by atoms with Gasteiger partial charge in [0.15, 0.2) is 0 Å². The Morgan fingerprint density at radius 1 is 1.12 bits per heavy atom. The number of nitro benzene ring substituents is 2. The van der Waals surface area contributed by atoms with Crippen LogP contribution in [0.3, 0.4) is 0 Å². The molecule has 0 saturated carbocycles. The second kappa shape index (κ2) is 4.28. The molecular formula is C7H2BrF3N2O4. The van der Waals surface area contributed by atoms with E-state index in [0.29, 0.717) is 6.07 Å². The molecule has 17 heavy (non-hydrogen) atoms. The van der Waals surface area contributed by atoms with E-state index in [1.54, 1.807) is 0 Å². The highest BCUT2D eigenvalue weighted by Gasteiger charge is 2.38. The fourth-order valence-electron chi connectivity index (χ4n) is 1.04. The van der Waals surface area contributed by atoms with Gasteiger partial charge in [-0.3, -0.25) is 20.2 Å². The lowest BCUT2D eigenvalue weighted by Gasteiger charge is -2.08. The van der Waals surface area contributed by atoms with E-state index in [1.165, 1.54) is 0 Å².